The van der Waals surface area contributed by atoms with E-state index >= 15 is 0 Å². The Bertz CT molecular complexity index is 1270. The van der Waals surface area contributed by atoms with Crippen LogP contribution in [0.1, 0.15) is 41.8 Å². The van der Waals surface area contributed by atoms with Gasteiger partial charge in [-0.15, -0.1) is 0 Å². The van der Waals surface area contributed by atoms with Crippen molar-refractivity contribution in [3.63, 3.8) is 0 Å². The molecule has 1 aliphatic rings. The summed E-state index contributed by atoms with van der Waals surface area (Å²) in [7, 11) is 3.20. The van der Waals surface area contributed by atoms with Gasteiger partial charge in [0.25, 0.3) is 5.91 Å². The molecule has 0 unspecified atom stereocenters. The number of carbonyl (C=O) groups is 2. The molecule has 9 heteroatoms. The maximum absolute atomic E-state index is 13.2. The summed E-state index contributed by atoms with van der Waals surface area (Å²) in [6.07, 6.45) is 7.32. The third-order valence-corrected chi connectivity index (χ3v) is 6.44. The number of hydrogen-bond acceptors (Lipinski definition) is 7. The van der Waals surface area contributed by atoms with E-state index in [1.807, 2.05) is 44.3 Å². The number of nitrogens with one attached hydrogen (secondary N) is 2. The van der Waals surface area contributed by atoms with Crippen molar-refractivity contribution in [2.45, 2.75) is 39.4 Å². The highest BCUT2D eigenvalue weighted by Crippen LogP contribution is 2.39. The van der Waals surface area contributed by atoms with Crippen LogP contribution in [-0.4, -0.2) is 60.0 Å². The van der Waals surface area contributed by atoms with Gasteiger partial charge in [-0.05, 0) is 47.7 Å². The Morgan fingerprint density at radius 3 is 2.58 bits per heavy atom. The largest absolute Gasteiger partial charge is 0.493 e. The van der Waals surface area contributed by atoms with Gasteiger partial charge in [-0.3, -0.25) is 24.5 Å². The molecule has 2 amide bonds. The molecule has 38 heavy (non-hydrogen) atoms. The number of pyridine rings is 2. The van der Waals surface area contributed by atoms with E-state index in [9.17, 15) is 9.59 Å². The number of rotatable bonds is 6. The van der Waals surface area contributed by atoms with Gasteiger partial charge in [-0.2, -0.15) is 0 Å². The normalized spacial score (nSPS) is 16.7. The zero-order valence-corrected chi connectivity index (χ0v) is 22.4. The number of hydrogen-bond donors (Lipinski definition) is 2. The maximum atomic E-state index is 13.2. The summed E-state index contributed by atoms with van der Waals surface area (Å²) in [5.41, 5.74) is 3.92. The van der Waals surface area contributed by atoms with Gasteiger partial charge in [0, 0.05) is 62.1 Å². The van der Waals surface area contributed by atoms with E-state index in [-0.39, 0.29) is 17.7 Å². The highest BCUT2D eigenvalue weighted by Gasteiger charge is 2.24. The van der Waals surface area contributed by atoms with Crippen molar-refractivity contribution in [1.29, 1.82) is 0 Å². The Labute approximate surface area is 223 Å². The lowest BCUT2D eigenvalue weighted by Gasteiger charge is -2.25. The standard InChI is InChI=1S/C29H35N5O4/c1-19(2)10-25-29(36)32-8-9-34(17-20-6-5-7-30-14-20)18-21-11-24(27(38-4)26(12-21)37-3)22-13-23(16-31-15-22)28(35)33-25/h5-7,11-16,19,25H,8-10,17-18H2,1-4H3,(H,32,36)(H,33,35)/t25-/m1/s1. The summed E-state index contributed by atoms with van der Waals surface area (Å²) in [4.78, 5) is 37.2. The SMILES string of the molecule is COc1cc2cc(c1OC)-c1cncc(c1)C(=O)N[C@H](CC(C)C)C(=O)NCCN(Cc1cccnc1)C2. The van der Waals surface area contributed by atoms with E-state index < -0.39 is 6.04 Å². The molecule has 0 fully saturated rings. The number of fused-ring (bicyclic) bond motifs is 5. The van der Waals surface area contributed by atoms with E-state index in [1.54, 1.807) is 32.7 Å². The molecule has 200 valence electrons. The van der Waals surface area contributed by atoms with Gasteiger partial charge in [0.2, 0.25) is 5.91 Å². The van der Waals surface area contributed by atoms with Crippen molar-refractivity contribution < 1.29 is 19.1 Å². The van der Waals surface area contributed by atoms with Crippen LogP contribution in [0.5, 0.6) is 11.5 Å². The third kappa shape index (κ3) is 6.66. The lowest BCUT2D eigenvalue weighted by Crippen LogP contribution is -2.48. The summed E-state index contributed by atoms with van der Waals surface area (Å²) >= 11 is 0. The van der Waals surface area contributed by atoms with Crippen LogP contribution in [0.15, 0.2) is 55.1 Å². The van der Waals surface area contributed by atoms with E-state index in [1.165, 1.54) is 6.20 Å². The number of nitrogens with zero attached hydrogens (tertiary/aromatic N) is 3. The van der Waals surface area contributed by atoms with E-state index in [4.69, 9.17) is 9.47 Å². The molecule has 0 saturated carbocycles. The Morgan fingerprint density at radius 1 is 1.05 bits per heavy atom. The minimum absolute atomic E-state index is 0.198. The highest BCUT2D eigenvalue weighted by atomic mass is 16.5. The summed E-state index contributed by atoms with van der Waals surface area (Å²) in [5, 5.41) is 5.94. The smallest absolute Gasteiger partial charge is 0.253 e. The number of carbonyl (C=O) groups excluding carboxylic acids is 2. The molecule has 1 atom stereocenters. The van der Waals surface area contributed by atoms with Crippen molar-refractivity contribution in [1.82, 2.24) is 25.5 Å². The predicted molar refractivity (Wildman–Crippen MR) is 145 cm³/mol. The van der Waals surface area contributed by atoms with Gasteiger partial charge in [-0.25, -0.2) is 0 Å². The quantitative estimate of drug-likeness (QED) is 0.516. The lowest BCUT2D eigenvalue weighted by atomic mass is 10.00. The van der Waals surface area contributed by atoms with Crippen LogP contribution in [0.25, 0.3) is 11.1 Å². The fourth-order valence-corrected chi connectivity index (χ4v) is 4.67. The molecule has 2 aromatic heterocycles. The predicted octanol–water partition coefficient (Wildman–Crippen LogP) is 3.44. The average Bonchev–Trinajstić information content (AvgIpc) is 2.92. The van der Waals surface area contributed by atoms with Crippen LogP contribution >= 0.6 is 0 Å². The third-order valence-electron chi connectivity index (χ3n) is 6.44. The van der Waals surface area contributed by atoms with Crippen LogP contribution in [0, 0.1) is 5.92 Å². The minimum Gasteiger partial charge on any atom is -0.493 e. The van der Waals surface area contributed by atoms with Gasteiger partial charge >= 0.3 is 0 Å². The maximum Gasteiger partial charge on any atom is 0.253 e. The van der Waals surface area contributed by atoms with Crippen molar-refractivity contribution in [3.8, 4) is 22.6 Å². The molecule has 3 aromatic rings. The van der Waals surface area contributed by atoms with Crippen LogP contribution < -0.4 is 20.1 Å². The fourth-order valence-electron chi connectivity index (χ4n) is 4.67. The molecular formula is C29H35N5O4. The number of methoxy groups -OCH3 is 2. The molecule has 0 radical (unpaired) electrons. The second-order valence-corrected chi connectivity index (χ2v) is 9.86. The Hall–Kier alpha value is -3.98. The molecule has 3 heterocycles. The van der Waals surface area contributed by atoms with Gasteiger partial charge < -0.3 is 20.1 Å². The zero-order valence-electron chi connectivity index (χ0n) is 22.4. The Kier molecular flexibility index (Phi) is 8.91. The molecule has 0 saturated heterocycles. The summed E-state index contributed by atoms with van der Waals surface area (Å²) in [6.45, 7) is 6.33. The second-order valence-electron chi connectivity index (χ2n) is 9.86. The van der Waals surface area contributed by atoms with Crippen LogP contribution in [0.3, 0.4) is 0 Å². The van der Waals surface area contributed by atoms with Crippen molar-refractivity contribution >= 4 is 11.8 Å². The first-order valence-electron chi connectivity index (χ1n) is 12.8. The molecule has 4 bridgehead atoms. The molecule has 0 aliphatic carbocycles. The van der Waals surface area contributed by atoms with Crippen LogP contribution in [0.4, 0.5) is 0 Å². The number of ether oxygens (including phenoxy) is 2. The van der Waals surface area contributed by atoms with E-state index in [0.29, 0.717) is 55.2 Å². The Morgan fingerprint density at radius 2 is 1.87 bits per heavy atom. The monoisotopic (exact) mass is 517 g/mol. The number of aromatic nitrogens is 2. The van der Waals surface area contributed by atoms with Crippen LogP contribution in [-0.2, 0) is 17.9 Å². The van der Waals surface area contributed by atoms with E-state index in [0.717, 1.165) is 16.7 Å². The zero-order chi connectivity index (χ0) is 27.1. The molecular weight excluding hydrogens is 482 g/mol. The highest BCUT2D eigenvalue weighted by molar-refractivity contribution is 5.98. The molecule has 4 rings (SSSR count). The summed E-state index contributed by atoms with van der Waals surface area (Å²) in [5.74, 6) is 0.823. The van der Waals surface area contributed by atoms with Gasteiger partial charge in [0.15, 0.2) is 11.5 Å². The van der Waals surface area contributed by atoms with Crippen molar-refractivity contribution in [3.05, 3.63) is 71.8 Å². The molecule has 2 N–H and O–H groups in total. The van der Waals surface area contributed by atoms with Crippen LogP contribution in [0.2, 0.25) is 0 Å². The lowest BCUT2D eigenvalue weighted by molar-refractivity contribution is -0.123. The molecule has 1 aromatic carbocycles. The topological polar surface area (TPSA) is 106 Å². The van der Waals surface area contributed by atoms with Gasteiger partial charge in [0.05, 0.1) is 19.8 Å². The average molecular weight is 518 g/mol. The fraction of sp³-hybridized carbons (Fsp3) is 0.379. The summed E-state index contributed by atoms with van der Waals surface area (Å²) in [6, 6.07) is 9.05. The van der Waals surface area contributed by atoms with Gasteiger partial charge in [-0.1, -0.05) is 19.9 Å². The Balaban J connectivity index is 1.79. The number of amides is 2. The first kappa shape index (κ1) is 27.1. The molecule has 0 spiro atoms. The molecule has 9 nitrogen and oxygen atoms in total. The summed E-state index contributed by atoms with van der Waals surface area (Å²) < 4.78 is 11.4. The first-order chi connectivity index (χ1) is 18.4. The second kappa shape index (κ2) is 12.5. The molecule has 1 aliphatic heterocycles. The number of benzene rings is 1. The first-order valence-corrected chi connectivity index (χ1v) is 12.8. The van der Waals surface area contributed by atoms with E-state index in [2.05, 4.69) is 25.5 Å². The van der Waals surface area contributed by atoms with Crippen molar-refractivity contribution in [2.75, 3.05) is 27.3 Å². The van der Waals surface area contributed by atoms with Gasteiger partial charge in [0.1, 0.15) is 6.04 Å². The minimum atomic E-state index is -0.654. The van der Waals surface area contributed by atoms with Crippen molar-refractivity contribution in [2.24, 2.45) is 5.92 Å².